The molecule has 0 unspecified atom stereocenters. The Morgan fingerprint density at radius 2 is 1.26 bits per heavy atom. The first kappa shape index (κ1) is 27.6. The van der Waals surface area contributed by atoms with Crippen LogP contribution in [0.5, 0.6) is 5.75 Å². The van der Waals surface area contributed by atoms with Gasteiger partial charge in [0, 0.05) is 39.3 Å². The predicted octanol–water partition coefficient (Wildman–Crippen LogP) is 3.85. The third-order valence-electron chi connectivity index (χ3n) is 7.69. The number of benzene rings is 3. The van der Waals surface area contributed by atoms with Crippen LogP contribution >= 0.6 is 0 Å². The minimum absolute atomic E-state index is 0.235. The minimum Gasteiger partial charge on any atom is -0.495 e. The van der Waals surface area contributed by atoms with E-state index in [0.717, 1.165) is 19.3 Å². The lowest BCUT2D eigenvalue weighted by Crippen LogP contribution is -2.48. The molecule has 3 aromatic rings. The lowest BCUT2D eigenvalue weighted by Gasteiger charge is -2.36. The molecule has 0 saturated carbocycles. The zero-order valence-corrected chi connectivity index (χ0v) is 23.8. The second kappa shape index (κ2) is 11.7. The van der Waals surface area contributed by atoms with E-state index in [-0.39, 0.29) is 9.79 Å². The number of piperidine rings is 1. The molecule has 39 heavy (non-hydrogen) atoms. The summed E-state index contributed by atoms with van der Waals surface area (Å²) in [5.41, 5.74) is 1.95. The van der Waals surface area contributed by atoms with Gasteiger partial charge in [-0.3, -0.25) is 0 Å². The topological polar surface area (TPSA) is 87.2 Å². The van der Waals surface area contributed by atoms with E-state index in [1.165, 1.54) is 9.87 Å². The van der Waals surface area contributed by atoms with Gasteiger partial charge in [0.25, 0.3) is 0 Å². The normalized spacial score (nSPS) is 18.2. The van der Waals surface area contributed by atoms with Crippen molar-refractivity contribution in [3.63, 3.8) is 0 Å². The quantitative estimate of drug-likeness (QED) is 0.410. The summed E-state index contributed by atoms with van der Waals surface area (Å²) in [6, 6.07) is 23.7. The van der Waals surface area contributed by atoms with Crippen LogP contribution in [0.3, 0.4) is 0 Å². The van der Waals surface area contributed by atoms with E-state index in [1.54, 1.807) is 59.9 Å². The minimum atomic E-state index is -3.67. The van der Waals surface area contributed by atoms with Gasteiger partial charge in [-0.15, -0.1) is 0 Å². The third kappa shape index (κ3) is 5.99. The second-order valence-corrected chi connectivity index (χ2v) is 14.0. The van der Waals surface area contributed by atoms with E-state index < -0.39 is 20.0 Å². The van der Waals surface area contributed by atoms with Crippen molar-refractivity contribution in [3.8, 4) is 5.75 Å². The van der Waals surface area contributed by atoms with Crippen LogP contribution < -0.4 is 9.64 Å². The van der Waals surface area contributed by atoms with E-state index >= 15 is 0 Å². The molecule has 0 aliphatic carbocycles. The maximum Gasteiger partial charge on any atom is 0.243 e. The highest BCUT2D eigenvalue weighted by molar-refractivity contribution is 7.89. The summed E-state index contributed by atoms with van der Waals surface area (Å²) in [5, 5.41) is 0. The number of rotatable bonds is 8. The molecular weight excluding hydrogens is 534 g/mol. The Morgan fingerprint density at radius 1 is 0.692 bits per heavy atom. The molecule has 0 radical (unpaired) electrons. The lowest BCUT2D eigenvalue weighted by atomic mass is 9.91. The number of nitrogens with zero attached hydrogens (tertiary/aromatic N) is 3. The van der Waals surface area contributed by atoms with E-state index in [1.807, 2.05) is 23.1 Å². The SMILES string of the molecule is COc1ccc(S(=O)(=O)N2CCC(Cc3ccccc3)CC2)cc1N1CCN(S(=O)(=O)c2ccccc2)CC1. The van der Waals surface area contributed by atoms with Crippen molar-refractivity contribution in [2.45, 2.75) is 29.1 Å². The van der Waals surface area contributed by atoms with Crippen LogP contribution in [0, 0.1) is 5.92 Å². The van der Waals surface area contributed by atoms with E-state index in [0.29, 0.717) is 56.6 Å². The van der Waals surface area contributed by atoms with Crippen LogP contribution in [-0.4, -0.2) is 71.8 Å². The van der Waals surface area contributed by atoms with Crippen LogP contribution in [0.2, 0.25) is 0 Å². The fraction of sp³-hybridized carbons (Fsp3) is 0.379. The average Bonchev–Trinajstić information content (AvgIpc) is 2.98. The van der Waals surface area contributed by atoms with Gasteiger partial charge in [0.1, 0.15) is 5.75 Å². The third-order valence-corrected chi connectivity index (χ3v) is 11.5. The molecule has 2 aliphatic heterocycles. The van der Waals surface area contributed by atoms with E-state index in [4.69, 9.17) is 4.74 Å². The van der Waals surface area contributed by atoms with Crippen molar-refractivity contribution >= 4 is 25.7 Å². The molecule has 10 heteroatoms. The van der Waals surface area contributed by atoms with Gasteiger partial charge in [-0.2, -0.15) is 8.61 Å². The number of hydrogen-bond donors (Lipinski definition) is 0. The smallest absolute Gasteiger partial charge is 0.243 e. The molecule has 8 nitrogen and oxygen atoms in total. The Morgan fingerprint density at radius 3 is 1.87 bits per heavy atom. The molecule has 0 amide bonds. The summed E-state index contributed by atoms with van der Waals surface area (Å²) in [6.45, 7) is 2.45. The largest absolute Gasteiger partial charge is 0.495 e. The highest BCUT2D eigenvalue weighted by atomic mass is 32.2. The molecule has 0 bridgehead atoms. The molecule has 5 rings (SSSR count). The van der Waals surface area contributed by atoms with Gasteiger partial charge in [0.2, 0.25) is 20.0 Å². The number of ether oxygens (including phenoxy) is 1. The number of methoxy groups -OCH3 is 1. The molecule has 0 N–H and O–H groups in total. The highest BCUT2D eigenvalue weighted by Gasteiger charge is 2.32. The monoisotopic (exact) mass is 569 g/mol. The van der Waals surface area contributed by atoms with Crippen molar-refractivity contribution in [2.24, 2.45) is 5.92 Å². The summed E-state index contributed by atoms with van der Waals surface area (Å²) in [5.74, 6) is 1.03. The van der Waals surface area contributed by atoms with Crippen LogP contribution in [-0.2, 0) is 26.5 Å². The van der Waals surface area contributed by atoms with Crippen molar-refractivity contribution < 1.29 is 21.6 Å². The summed E-state index contributed by atoms with van der Waals surface area (Å²) >= 11 is 0. The van der Waals surface area contributed by atoms with E-state index in [9.17, 15) is 16.8 Å². The lowest BCUT2D eigenvalue weighted by molar-refractivity contribution is 0.273. The Balaban J connectivity index is 1.27. The second-order valence-electron chi connectivity index (χ2n) is 10.1. The summed E-state index contributed by atoms with van der Waals surface area (Å²) in [4.78, 5) is 2.51. The van der Waals surface area contributed by atoms with E-state index in [2.05, 4.69) is 12.1 Å². The van der Waals surface area contributed by atoms with Crippen LogP contribution in [0.15, 0.2) is 88.7 Å². The van der Waals surface area contributed by atoms with Gasteiger partial charge in [0.15, 0.2) is 0 Å². The average molecular weight is 570 g/mol. The number of anilines is 1. The van der Waals surface area contributed by atoms with Gasteiger partial charge < -0.3 is 9.64 Å². The standard InChI is InChI=1S/C29H35N3O5S2/c1-37-29-13-12-27(39(35,36)31-16-14-25(15-17-31)22-24-8-4-2-5-9-24)23-28(29)30-18-20-32(21-19-30)38(33,34)26-10-6-3-7-11-26/h2-13,23,25H,14-22H2,1H3. The summed E-state index contributed by atoms with van der Waals surface area (Å²) in [7, 11) is -5.69. The van der Waals surface area contributed by atoms with Crippen molar-refractivity contribution in [3.05, 3.63) is 84.4 Å². The Hall–Kier alpha value is -2.92. The first-order valence-electron chi connectivity index (χ1n) is 13.3. The first-order chi connectivity index (χ1) is 18.8. The zero-order valence-electron chi connectivity index (χ0n) is 22.1. The fourth-order valence-electron chi connectivity index (χ4n) is 5.44. The molecule has 0 atom stereocenters. The molecule has 2 saturated heterocycles. The highest BCUT2D eigenvalue weighted by Crippen LogP contribution is 2.34. The maximum atomic E-state index is 13.6. The number of hydrogen-bond acceptors (Lipinski definition) is 6. The molecule has 0 aromatic heterocycles. The molecule has 3 aromatic carbocycles. The Bertz CT molecular complexity index is 1470. The molecule has 2 heterocycles. The van der Waals surface area contributed by atoms with Gasteiger partial charge >= 0.3 is 0 Å². The predicted molar refractivity (Wildman–Crippen MR) is 152 cm³/mol. The van der Waals surface area contributed by atoms with Crippen molar-refractivity contribution in [1.82, 2.24) is 8.61 Å². The number of piperazine rings is 1. The first-order valence-corrected chi connectivity index (χ1v) is 16.2. The zero-order chi connectivity index (χ0) is 27.5. The Labute approximate surface area is 231 Å². The fourth-order valence-corrected chi connectivity index (χ4v) is 8.37. The summed E-state index contributed by atoms with van der Waals surface area (Å²) in [6.07, 6.45) is 2.62. The van der Waals surface area contributed by atoms with Crippen LogP contribution in [0.25, 0.3) is 0 Å². The van der Waals surface area contributed by atoms with Gasteiger partial charge in [-0.1, -0.05) is 48.5 Å². The molecule has 2 fully saturated rings. The molecule has 208 valence electrons. The molecular formula is C29H35N3O5S2. The summed E-state index contributed by atoms with van der Waals surface area (Å²) < 4.78 is 61.9. The van der Waals surface area contributed by atoms with Crippen molar-refractivity contribution in [2.75, 3.05) is 51.3 Å². The molecule has 0 spiro atoms. The van der Waals surface area contributed by atoms with Gasteiger partial charge in [-0.25, -0.2) is 16.8 Å². The van der Waals surface area contributed by atoms with Gasteiger partial charge in [0.05, 0.1) is 22.6 Å². The van der Waals surface area contributed by atoms with Crippen LogP contribution in [0.4, 0.5) is 5.69 Å². The molecule has 2 aliphatic rings. The number of sulfonamides is 2. The van der Waals surface area contributed by atoms with Gasteiger partial charge in [-0.05, 0) is 61.1 Å². The van der Waals surface area contributed by atoms with Crippen LogP contribution in [0.1, 0.15) is 18.4 Å². The van der Waals surface area contributed by atoms with Crippen molar-refractivity contribution in [1.29, 1.82) is 0 Å². The Kier molecular flexibility index (Phi) is 8.27. The maximum absolute atomic E-state index is 13.6.